The minimum Gasteiger partial charge on any atom is -0.494 e. The van der Waals surface area contributed by atoms with Gasteiger partial charge in [0.15, 0.2) is 0 Å². The molecule has 0 atom stereocenters. The second kappa shape index (κ2) is 19.1. The van der Waals surface area contributed by atoms with Crippen LogP contribution >= 0.6 is 11.8 Å². The largest absolute Gasteiger partial charge is 0.494 e. The van der Waals surface area contributed by atoms with E-state index in [0.717, 1.165) is 64.8 Å². The van der Waals surface area contributed by atoms with Crippen molar-refractivity contribution in [2.24, 2.45) is 0 Å². The van der Waals surface area contributed by atoms with Crippen molar-refractivity contribution in [3.8, 4) is 22.6 Å². The summed E-state index contributed by atoms with van der Waals surface area (Å²) in [6.45, 7) is 9.80. The highest BCUT2D eigenvalue weighted by Gasteiger charge is 2.12. The zero-order valence-electron chi connectivity index (χ0n) is 25.6. The third kappa shape index (κ3) is 12.6. The summed E-state index contributed by atoms with van der Waals surface area (Å²) in [6.07, 6.45) is 6.01. The van der Waals surface area contributed by atoms with E-state index in [1.54, 1.807) is 12.1 Å². The predicted molar refractivity (Wildman–Crippen MR) is 174 cm³/mol. The monoisotopic (exact) mass is 634 g/mol. The molecule has 3 aromatic carbocycles. The van der Waals surface area contributed by atoms with E-state index in [-0.39, 0.29) is 11.7 Å². The summed E-state index contributed by atoms with van der Waals surface area (Å²) >= 11 is 1.20. The molecule has 0 aliphatic carbocycles. The van der Waals surface area contributed by atoms with Gasteiger partial charge in [0.25, 0.3) is 0 Å². The summed E-state index contributed by atoms with van der Waals surface area (Å²) in [5, 5.41) is -0.0397. The normalized spacial score (nSPS) is 10.5. The summed E-state index contributed by atoms with van der Waals surface area (Å²) in [4.78, 5) is 35.9. The van der Waals surface area contributed by atoms with Gasteiger partial charge in [0.05, 0.1) is 26.4 Å². The molecule has 238 valence electrons. The van der Waals surface area contributed by atoms with Crippen LogP contribution in [0.15, 0.2) is 96.7 Å². The van der Waals surface area contributed by atoms with E-state index in [1.165, 1.54) is 11.8 Å². The molecule has 7 nitrogen and oxygen atoms in total. The molecular formula is C36H39FO7S. The SMILES string of the molecule is C=CC(=O)OCCCCCCOc1ccc(C(=O)Sc2ccc(-c3ccc(OCCCCOC(=O)C(=C)F)cc3)cc2C)cc1. The van der Waals surface area contributed by atoms with Crippen molar-refractivity contribution in [3.63, 3.8) is 0 Å². The van der Waals surface area contributed by atoms with E-state index >= 15 is 0 Å². The van der Waals surface area contributed by atoms with Crippen LogP contribution in [0.1, 0.15) is 54.4 Å². The Labute approximate surface area is 268 Å². The van der Waals surface area contributed by atoms with Gasteiger partial charge in [-0.05, 0) is 116 Å². The molecular weight excluding hydrogens is 595 g/mol. The van der Waals surface area contributed by atoms with Crippen molar-refractivity contribution in [2.45, 2.75) is 50.3 Å². The maximum absolute atomic E-state index is 12.9. The first-order valence-electron chi connectivity index (χ1n) is 14.9. The zero-order valence-corrected chi connectivity index (χ0v) is 26.4. The highest BCUT2D eigenvalue weighted by atomic mass is 32.2. The molecule has 0 spiro atoms. The van der Waals surface area contributed by atoms with E-state index in [1.807, 2.05) is 55.5 Å². The van der Waals surface area contributed by atoms with Gasteiger partial charge in [0.1, 0.15) is 11.5 Å². The number of benzene rings is 3. The van der Waals surface area contributed by atoms with Crippen LogP contribution in [0, 0.1) is 6.92 Å². The Hall–Kier alpha value is -4.37. The third-order valence-corrected chi connectivity index (χ3v) is 7.73. The smallest absolute Gasteiger partial charge is 0.366 e. The highest BCUT2D eigenvalue weighted by Crippen LogP contribution is 2.31. The number of esters is 2. The lowest BCUT2D eigenvalue weighted by Gasteiger charge is -2.10. The Morgan fingerprint density at radius 3 is 1.87 bits per heavy atom. The van der Waals surface area contributed by atoms with Crippen molar-refractivity contribution in [1.82, 2.24) is 0 Å². The number of carbonyl (C=O) groups is 3. The van der Waals surface area contributed by atoms with Crippen molar-refractivity contribution in [3.05, 3.63) is 103 Å². The molecule has 0 aromatic heterocycles. The van der Waals surface area contributed by atoms with Crippen molar-refractivity contribution < 1.29 is 37.7 Å². The van der Waals surface area contributed by atoms with Crippen LogP contribution in [0.4, 0.5) is 4.39 Å². The molecule has 0 radical (unpaired) electrons. The van der Waals surface area contributed by atoms with E-state index in [2.05, 4.69) is 19.2 Å². The fraction of sp³-hybridized carbons (Fsp3) is 0.306. The number of ether oxygens (including phenoxy) is 4. The number of hydrogen-bond donors (Lipinski definition) is 0. The standard InChI is InChI=1S/C36H39FO7S/c1-4-34(38)43-23-8-6-5-7-21-41-32-18-13-29(14-19-32)36(40)45-33-20-15-30(25-26(33)2)28-11-16-31(17-12-28)42-22-9-10-24-44-35(39)27(3)37/h4,11-20,25H,1,3,5-10,21-24H2,2H3. The maximum atomic E-state index is 12.9. The Kier molecular flexibility index (Phi) is 14.9. The number of carbonyl (C=O) groups excluding carboxylic acids is 3. The predicted octanol–water partition coefficient (Wildman–Crippen LogP) is 8.45. The first-order valence-corrected chi connectivity index (χ1v) is 15.7. The fourth-order valence-electron chi connectivity index (χ4n) is 4.15. The van der Waals surface area contributed by atoms with E-state index < -0.39 is 17.8 Å². The van der Waals surface area contributed by atoms with E-state index in [0.29, 0.717) is 38.2 Å². The van der Waals surface area contributed by atoms with Gasteiger partial charge in [-0.1, -0.05) is 37.4 Å². The van der Waals surface area contributed by atoms with Crippen LogP contribution in [-0.4, -0.2) is 43.5 Å². The molecule has 9 heteroatoms. The van der Waals surface area contributed by atoms with Crippen LogP contribution in [0.3, 0.4) is 0 Å². The summed E-state index contributed by atoms with van der Waals surface area (Å²) < 4.78 is 33.8. The lowest BCUT2D eigenvalue weighted by atomic mass is 10.0. The Morgan fingerprint density at radius 1 is 0.733 bits per heavy atom. The summed E-state index contributed by atoms with van der Waals surface area (Å²) in [5.41, 5.74) is 3.66. The van der Waals surface area contributed by atoms with Gasteiger partial charge in [-0.2, -0.15) is 4.39 Å². The molecule has 3 aromatic rings. The molecule has 0 unspecified atom stereocenters. The van der Waals surface area contributed by atoms with Gasteiger partial charge in [0.2, 0.25) is 10.9 Å². The molecule has 0 N–H and O–H groups in total. The first-order chi connectivity index (χ1) is 21.8. The Balaban J connectivity index is 1.39. The molecule has 0 saturated carbocycles. The average Bonchev–Trinajstić information content (AvgIpc) is 3.05. The minimum atomic E-state index is -1.10. The van der Waals surface area contributed by atoms with Gasteiger partial charge in [-0.25, -0.2) is 9.59 Å². The van der Waals surface area contributed by atoms with Crippen molar-refractivity contribution >= 4 is 28.8 Å². The lowest BCUT2D eigenvalue weighted by Crippen LogP contribution is -2.07. The molecule has 0 bridgehead atoms. The number of rotatable bonds is 19. The van der Waals surface area contributed by atoms with Crippen LogP contribution < -0.4 is 9.47 Å². The number of aryl methyl sites for hydroxylation is 1. The summed E-state index contributed by atoms with van der Waals surface area (Å²) in [5.74, 6) is -1.08. The number of thioether (sulfide) groups is 1. The van der Waals surface area contributed by atoms with Crippen molar-refractivity contribution in [1.29, 1.82) is 0 Å². The number of halogens is 1. The topological polar surface area (TPSA) is 88.1 Å². The van der Waals surface area contributed by atoms with E-state index in [4.69, 9.17) is 18.9 Å². The maximum Gasteiger partial charge on any atom is 0.366 e. The van der Waals surface area contributed by atoms with Crippen molar-refractivity contribution in [2.75, 3.05) is 26.4 Å². The second-order valence-electron chi connectivity index (χ2n) is 10.1. The summed E-state index contributed by atoms with van der Waals surface area (Å²) in [7, 11) is 0. The third-order valence-electron chi connectivity index (χ3n) is 6.64. The van der Waals surface area contributed by atoms with Gasteiger partial charge < -0.3 is 18.9 Å². The fourth-order valence-corrected chi connectivity index (χ4v) is 4.96. The molecule has 0 saturated heterocycles. The van der Waals surface area contributed by atoms with Crippen LogP contribution in [0.5, 0.6) is 11.5 Å². The first kappa shape index (κ1) is 35.1. The highest BCUT2D eigenvalue weighted by molar-refractivity contribution is 8.14. The summed E-state index contributed by atoms with van der Waals surface area (Å²) in [6, 6.07) is 20.9. The quantitative estimate of drug-likeness (QED) is 0.0562. The lowest BCUT2D eigenvalue weighted by molar-refractivity contribution is -0.141. The second-order valence-corrected chi connectivity index (χ2v) is 11.2. The molecule has 0 aliphatic rings. The van der Waals surface area contributed by atoms with Crippen LogP contribution in [-0.2, 0) is 19.1 Å². The van der Waals surface area contributed by atoms with Gasteiger partial charge in [-0.3, -0.25) is 4.79 Å². The van der Waals surface area contributed by atoms with Crippen LogP contribution in [0.25, 0.3) is 11.1 Å². The Bertz CT molecular complexity index is 1430. The number of unbranched alkanes of at least 4 members (excludes halogenated alkanes) is 4. The minimum absolute atomic E-state index is 0.0397. The molecule has 0 heterocycles. The Morgan fingerprint density at radius 2 is 1.27 bits per heavy atom. The zero-order chi connectivity index (χ0) is 32.4. The molecule has 45 heavy (non-hydrogen) atoms. The van der Waals surface area contributed by atoms with Gasteiger partial charge >= 0.3 is 11.9 Å². The number of hydrogen-bond acceptors (Lipinski definition) is 8. The van der Waals surface area contributed by atoms with E-state index in [9.17, 15) is 18.8 Å². The molecule has 3 rings (SSSR count). The molecule has 0 amide bonds. The van der Waals surface area contributed by atoms with Gasteiger partial charge in [0, 0.05) is 16.5 Å². The molecule has 0 aliphatic heterocycles. The molecule has 0 fully saturated rings. The van der Waals surface area contributed by atoms with Crippen LogP contribution in [0.2, 0.25) is 0 Å². The average molecular weight is 635 g/mol. The van der Waals surface area contributed by atoms with Gasteiger partial charge in [-0.15, -0.1) is 0 Å².